The van der Waals surface area contributed by atoms with Crippen LogP contribution < -0.4 is 10.1 Å². The molecule has 0 amide bonds. The van der Waals surface area contributed by atoms with E-state index in [0.29, 0.717) is 18.4 Å². The van der Waals surface area contributed by atoms with Crippen molar-refractivity contribution in [1.29, 1.82) is 0 Å². The van der Waals surface area contributed by atoms with Gasteiger partial charge in [-0.05, 0) is 56.5 Å². The van der Waals surface area contributed by atoms with Crippen LogP contribution in [0.25, 0.3) is 16.9 Å². The van der Waals surface area contributed by atoms with E-state index in [4.69, 9.17) is 14.5 Å². The fraction of sp³-hybridized carbons (Fsp3) is 0.423. The van der Waals surface area contributed by atoms with Crippen LogP contribution in [0.1, 0.15) is 57.4 Å². The Bertz CT molecular complexity index is 1130. The van der Waals surface area contributed by atoms with Crippen molar-refractivity contribution in [3.05, 3.63) is 48.2 Å². The third-order valence-corrected chi connectivity index (χ3v) is 5.91. The largest absolute Gasteiger partial charge is 0.466 e. The standard InChI is InChI=1S/C26H31N3O4/c1-3-32-23(30)12-13-24(31)33-21-11-7-8-19(17-21)25-26(27-20-9-5-4-6-10-20)29-15-14-18(2)16-22(29)28-25/h7-8,11,14-17,20,27H,3-6,9-10,12-13H2,1-2H3. The number of aryl methyl sites for hydroxylation is 1. The van der Waals surface area contributed by atoms with Gasteiger partial charge in [-0.1, -0.05) is 31.4 Å². The summed E-state index contributed by atoms with van der Waals surface area (Å²) in [6.45, 7) is 4.09. The Balaban J connectivity index is 1.58. The molecular weight excluding hydrogens is 418 g/mol. The molecule has 0 atom stereocenters. The van der Waals surface area contributed by atoms with Crippen LogP contribution in [0.2, 0.25) is 0 Å². The van der Waals surface area contributed by atoms with Crippen LogP contribution in [0.5, 0.6) is 5.75 Å². The first-order valence-electron chi connectivity index (χ1n) is 11.8. The van der Waals surface area contributed by atoms with E-state index in [0.717, 1.165) is 41.1 Å². The average molecular weight is 450 g/mol. The van der Waals surface area contributed by atoms with Crippen LogP contribution in [-0.4, -0.2) is 34.0 Å². The van der Waals surface area contributed by atoms with E-state index in [1.54, 1.807) is 13.0 Å². The van der Waals surface area contributed by atoms with Crippen LogP contribution in [0, 0.1) is 6.92 Å². The Labute approximate surface area is 194 Å². The number of aromatic nitrogens is 2. The van der Waals surface area contributed by atoms with Crippen molar-refractivity contribution >= 4 is 23.4 Å². The topological polar surface area (TPSA) is 81.9 Å². The van der Waals surface area contributed by atoms with E-state index in [-0.39, 0.29) is 12.8 Å². The molecule has 3 aromatic rings. The number of ether oxygens (including phenoxy) is 2. The highest BCUT2D eigenvalue weighted by molar-refractivity contribution is 5.80. The third-order valence-electron chi connectivity index (χ3n) is 5.91. The van der Waals surface area contributed by atoms with E-state index in [9.17, 15) is 9.59 Å². The molecule has 0 unspecified atom stereocenters. The van der Waals surface area contributed by atoms with Gasteiger partial charge in [0, 0.05) is 17.8 Å². The third kappa shape index (κ3) is 5.72. The van der Waals surface area contributed by atoms with Gasteiger partial charge in [-0.3, -0.25) is 14.0 Å². The molecule has 4 rings (SSSR count). The summed E-state index contributed by atoms with van der Waals surface area (Å²) in [4.78, 5) is 28.6. The molecule has 0 aliphatic heterocycles. The monoisotopic (exact) mass is 449 g/mol. The summed E-state index contributed by atoms with van der Waals surface area (Å²) in [6, 6.07) is 11.9. The van der Waals surface area contributed by atoms with Crippen LogP contribution in [0.4, 0.5) is 5.82 Å². The second-order valence-electron chi connectivity index (χ2n) is 8.53. The molecule has 7 heteroatoms. The lowest BCUT2D eigenvalue weighted by atomic mass is 9.95. The molecule has 1 aliphatic carbocycles. The Morgan fingerprint density at radius 2 is 1.88 bits per heavy atom. The van der Waals surface area contributed by atoms with Gasteiger partial charge < -0.3 is 14.8 Å². The number of benzene rings is 1. The number of nitrogens with zero attached hydrogens (tertiary/aromatic N) is 2. The molecule has 1 fully saturated rings. The highest BCUT2D eigenvalue weighted by Gasteiger charge is 2.20. The molecule has 0 radical (unpaired) electrons. The fourth-order valence-electron chi connectivity index (χ4n) is 4.25. The molecule has 1 N–H and O–H groups in total. The minimum Gasteiger partial charge on any atom is -0.466 e. The number of hydrogen-bond acceptors (Lipinski definition) is 6. The minimum absolute atomic E-state index is 0.00755. The molecule has 2 heterocycles. The summed E-state index contributed by atoms with van der Waals surface area (Å²) in [5.74, 6) is 0.522. The Morgan fingerprint density at radius 1 is 1.09 bits per heavy atom. The first-order chi connectivity index (χ1) is 16.0. The average Bonchev–Trinajstić information content (AvgIpc) is 3.16. The van der Waals surface area contributed by atoms with Gasteiger partial charge >= 0.3 is 11.9 Å². The maximum Gasteiger partial charge on any atom is 0.311 e. The van der Waals surface area contributed by atoms with Crippen molar-refractivity contribution in [3.8, 4) is 17.0 Å². The van der Waals surface area contributed by atoms with Crippen LogP contribution in [0.3, 0.4) is 0 Å². The molecule has 7 nitrogen and oxygen atoms in total. The van der Waals surface area contributed by atoms with Crippen molar-refractivity contribution < 1.29 is 19.1 Å². The molecular formula is C26H31N3O4. The second-order valence-corrected chi connectivity index (χ2v) is 8.53. The van der Waals surface area contributed by atoms with Crippen molar-refractivity contribution in [2.45, 2.75) is 64.8 Å². The zero-order valence-corrected chi connectivity index (χ0v) is 19.3. The summed E-state index contributed by atoms with van der Waals surface area (Å²) in [6.07, 6.45) is 8.10. The fourth-order valence-corrected chi connectivity index (χ4v) is 4.25. The van der Waals surface area contributed by atoms with E-state index in [1.165, 1.54) is 19.3 Å². The van der Waals surface area contributed by atoms with Gasteiger partial charge in [-0.2, -0.15) is 0 Å². The number of esters is 2. The van der Waals surface area contributed by atoms with Crippen molar-refractivity contribution in [2.75, 3.05) is 11.9 Å². The van der Waals surface area contributed by atoms with Gasteiger partial charge in [0.1, 0.15) is 22.9 Å². The maximum absolute atomic E-state index is 12.2. The lowest BCUT2D eigenvalue weighted by molar-refractivity contribution is -0.146. The number of anilines is 1. The summed E-state index contributed by atoms with van der Waals surface area (Å²) in [7, 11) is 0. The van der Waals surface area contributed by atoms with E-state index >= 15 is 0 Å². The highest BCUT2D eigenvalue weighted by atomic mass is 16.5. The molecule has 33 heavy (non-hydrogen) atoms. The number of carbonyl (C=O) groups excluding carboxylic acids is 2. The number of hydrogen-bond donors (Lipinski definition) is 1. The molecule has 1 aliphatic rings. The number of pyridine rings is 1. The molecule has 174 valence electrons. The zero-order valence-electron chi connectivity index (χ0n) is 19.3. The molecule has 2 aromatic heterocycles. The lowest BCUT2D eigenvalue weighted by Gasteiger charge is -2.24. The Morgan fingerprint density at radius 3 is 2.67 bits per heavy atom. The molecule has 0 bridgehead atoms. The molecule has 1 saturated carbocycles. The van der Waals surface area contributed by atoms with E-state index in [2.05, 4.69) is 28.8 Å². The molecule has 1 aromatic carbocycles. The van der Waals surface area contributed by atoms with Crippen molar-refractivity contribution in [2.24, 2.45) is 0 Å². The summed E-state index contributed by atoms with van der Waals surface area (Å²) >= 11 is 0. The van der Waals surface area contributed by atoms with E-state index < -0.39 is 11.9 Å². The smallest absolute Gasteiger partial charge is 0.311 e. The number of fused-ring (bicyclic) bond motifs is 1. The van der Waals surface area contributed by atoms with Crippen molar-refractivity contribution in [1.82, 2.24) is 9.38 Å². The Kier molecular flexibility index (Phi) is 7.27. The summed E-state index contributed by atoms with van der Waals surface area (Å²) in [5, 5.41) is 3.74. The molecule has 0 spiro atoms. The first kappa shape index (κ1) is 22.8. The second kappa shape index (κ2) is 10.5. The van der Waals surface area contributed by atoms with Gasteiger partial charge in [0.15, 0.2) is 0 Å². The van der Waals surface area contributed by atoms with Crippen LogP contribution >= 0.6 is 0 Å². The highest BCUT2D eigenvalue weighted by Crippen LogP contribution is 2.33. The normalized spacial score (nSPS) is 14.2. The maximum atomic E-state index is 12.2. The summed E-state index contributed by atoms with van der Waals surface area (Å²) < 4.78 is 12.4. The zero-order chi connectivity index (χ0) is 23.2. The van der Waals surface area contributed by atoms with Crippen LogP contribution in [-0.2, 0) is 14.3 Å². The first-order valence-corrected chi connectivity index (χ1v) is 11.8. The number of rotatable bonds is 8. The Hall–Kier alpha value is -3.35. The number of imidazole rings is 1. The molecule has 0 saturated heterocycles. The van der Waals surface area contributed by atoms with E-state index in [1.807, 2.05) is 24.4 Å². The van der Waals surface area contributed by atoms with Gasteiger partial charge in [-0.15, -0.1) is 0 Å². The predicted octanol–water partition coefficient (Wildman–Crippen LogP) is 5.30. The summed E-state index contributed by atoms with van der Waals surface area (Å²) in [5.41, 5.74) is 3.72. The minimum atomic E-state index is -0.466. The van der Waals surface area contributed by atoms with Crippen molar-refractivity contribution in [3.63, 3.8) is 0 Å². The van der Waals surface area contributed by atoms with Crippen LogP contribution in [0.15, 0.2) is 42.6 Å². The van der Waals surface area contributed by atoms with Gasteiger partial charge in [-0.25, -0.2) is 4.98 Å². The SMILES string of the molecule is CCOC(=O)CCC(=O)Oc1cccc(-c2nc3cc(C)ccn3c2NC2CCCCC2)c1. The lowest BCUT2D eigenvalue weighted by Crippen LogP contribution is -2.23. The number of nitrogens with one attached hydrogen (secondary N) is 1. The quantitative estimate of drug-likeness (QED) is 0.371. The number of carbonyl (C=O) groups is 2. The van der Waals surface area contributed by atoms with Gasteiger partial charge in [0.2, 0.25) is 0 Å². The van der Waals surface area contributed by atoms with Gasteiger partial charge in [0.25, 0.3) is 0 Å². The predicted molar refractivity (Wildman–Crippen MR) is 127 cm³/mol. The van der Waals surface area contributed by atoms with Gasteiger partial charge in [0.05, 0.1) is 19.4 Å².